The van der Waals surface area contributed by atoms with Gasteiger partial charge < -0.3 is 18.6 Å². The number of carbonyl (C=O) groups excluding carboxylic acids is 1. The Labute approximate surface area is 106 Å². The molecule has 1 aromatic heterocycles. The smallest absolute Gasteiger partial charge is 0.375 e. The summed E-state index contributed by atoms with van der Waals surface area (Å²) in [6.07, 6.45) is 1.55. The molecule has 0 saturated carbocycles. The first-order valence-electron chi connectivity index (χ1n) is 5.86. The van der Waals surface area contributed by atoms with Crippen LogP contribution in [0.25, 0.3) is 0 Å². The quantitative estimate of drug-likeness (QED) is 0.520. The predicted octanol–water partition coefficient (Wildman–Crippen LogP) is 1.58. The molecule has 0 saturated heterocycles. The van der Waals surface area contributed by atoms with Gasteiger partial charge in [-0.15, -0.1) is 0 Å². The van der Waals surface area contributed by atoms with Crippen molar-refractivity contribution in [3.8, 4) is 0 Å². The van der Waals surface area contributed by atoms with Crippen molar-refractivity contribution in [2.24, 2.45) is 0 Å². The summed E-state index contributed by atoms with van der Waals surface area (Å²) in [5, 5.41) is 0. The summed E-state index contributed by atoms with van der Waals surface area (Å²) in [7, 11) is 2.92. The zero-order valence-corrected chi connectivity index (χ0v) is 11.0. The molecule has 0 spiro atoms. The average Bonchev–Trinajstić information content (AvgIpc) is 2.77. The second-order valence-electron chi connectivity index (χ2n) is 3.67. The largest absolute Gasteiger partial charge is 0.463 e. The molecule has 0 aliphatic carbocycles. The van der Waals surface area contributed by atoms with Crippen molar-refractivity contribution in [2.75, 3.05) is 27.4 Å². The van der Waals surface area contributed by atoms with E-state index in [0.717, 1.165) is 6.42 Å². The highest BCUT2D eigenvalue weighted by Gasteiger charge is 2.20. The topological polar surface area (TPSA) is 70.8 Å². The van der Waals surface area contributed by atoms with Crippen LogP contribution in [0.1, 0.15) is 35.5 Å². The fourth-order valence-corrected chi connectivity index (χ4v) is 1.42. The van der Waals surface area contributed by atoms with Crippen LogP contribution in [-0.4, -0.2) is 38.4 Å². The van der Waals surface area contributed by atoms with Crippen molar-refractivity contribution >= 4 is 5.97 Å². The van der Waals surface area contributed by atoms with Gasteiger partial charge in [0, 0.05) is 7.11 Å². The molecule has 1 rings (SSSR count). The summed E-state index contributed by atoms with van der Waals surface area (Å²) in [6.45, 7) is 3.18. The van der Waals surface area contributed by atoms with Gasteiger partial charge in [0.15, 0.2) is 0 Å². The van der Waals surface area contributed by atoms with Crippen molar-refractivity contribution in [1.29, 1.82) is 0 Å². The summed E-state index contributed by atoms with van der Waals surface area (Å²) in [5.41, 5.74) is 0.620. The summed E-state index contributed by atoms with van der Waals surface area (Å²) >= 11 is 0. The number of oxazole rings is 1. The van der Waals surface area contributed by atoms with E-state index in [1.54, 1.807) is 7.11 Å². The molecule has 0 bridgehead atoms. The predicted molar refractivity (Wildman–Crippen MR) is 63.4 cm³/mol. The average molecular weight is 257 g/mol. The van der Waals surface area contributed by atoms with Gasteiger partial charge in [-0.3, -0.25) is 0 Å². The normalized spacial score (nSPS) is 10.6. The Morgan fingerprint density at radius 2 is 2.11 bits per heavy atom. The molecule has 1 heterocycles. The van der Waals surface area contributed by atoms with Crippen molar-refractivity contribution in [3.05, 3.63) is 17.3 Å². The summed E-state index contributed by atoms with van der Waals surface area (Å²) in [6, 6.07) is 0. The van der Waals surface area contributed by atoms with E-state index >= 15 is 0 Å². The van der Waals surface area contributed by atoms with E-state index in [9.17, 15) is 4.79 Å². The molecule has 0 atom stereocenters. The van der Waals surface area contributed by atoms with Crippen molar-refractivity contribution in [2.45, 2.75) is 26.4 Å². The molecule has 18 heavy (non-hydrogen) atoms. The number of hydrogen-bond acceptors (Lipinski definition) is 6. The number of aryl methyl sites for hydroxylation is 1. The van der Waals surface area contributed by atoms with Crippen LogP contribution in [0.15, 0.2) is 4.42 Å². The second-order valence-corrected chi connectivity index (χ2v) is 3.67. The maximum atomic E-state index is 11.5. The first-order chi connectivity index (χ1) is 8.72. The van der Waals surface area contributed by atoms with Gasteiger partial charge >= 0.3 is 5.97 Å². The lowest BCUT2D eigenvalue weighted by Crippen LogP contribution is -2.03. The number of hydrogen-bond donors (Lipinski definition) is 0. The lowest BCUT2D eigenvalue weighted by molar-refractivity contribution is 0.0473. The van der Waals surface area contributed by atoms with Gasteiger partial charge in [-0.1, -0.05) is 13.3 Å². The molecule has 0 aromatic carbocycles. The van der Waals surface area contributed by atoms with E-state index in [1.807, 2.05) is 6.92 Å². The molecule has 0 amide bonds. The van der Waals surface area contributed by atoms with Crippen LogP contribution in [0.5, 0.6) is 0 Å². The highest BCUT2D eigenvalue weighted by Crippen LogP contribution is 2.15. The summed E-state index contributed by atoms with van der Waals surface area (Å²) in [4.78, 5) is 15.7. The van der Waals surface area contributed by atoms with Gasteiger partial charge in [-0.05, 0) is 6.42 Å². The zero-order valence-electron chi connectivity index (χ0n) is 11.0. The molecule has 0 fully saturated rings. The third-order valence-electron chi connectivity index (χ3n) is 2.26. The van der Waals surface area contributed by atoms with E-state index in [1.165, 1.54) is 7.11 Å². The van der Waals surface area contributed by atoms with Crippen molar-refractivity contribution < 1.29 is 23.4 Å². The lowest BCUT2D eigenvalue weighted by atomic mass is 10.2. The SMILES string of the molecule is CCCc1nc(COCCOC)oc1C(=O)OC. The molecule has 6 nitrogen and oxygen atoms in total. The maximum absolute atomic E-state index is 11.5. The number of esters is 1. The third-order valence-corrected chi connectivity index (χ3v) is 2.26. The van der Waals surface area contributed by atoms with Crippen molar-refractivity contribution in [1.82, 2.24) is 4.98 Å². The number of aromatic nitrogens is 1. The molecule has 0 aliphatic heterocycles. The zero-order chi connectivity index (χ0) is 13.4. The van der Waals surface area contributed by atoms with Gasteiger partial charge in [0.05, 0.1) is 26.0 Å². The summed E-state index contributed by atoms with van der Waals surface area (Å²) < 4.78 is 20.1. The Bertz CT molecular complexity index is 375. The minimum Gasteiger partial charge on any atom is -0.463 e. The van der Waals surface area contributed by atoms with Crippen LogP contribution in [0.4, 0.5) is 0 Å². The number of methoxy groups -OCH3 is 2. The van der Waals surface area contributed by atoms with Crippen LogP contribution in [-0.2, 0) is 27.2 Å². The first kappa shape index (κ1) is 14.7. The molecule has 0 radical (unpaired) electrons. The maximum Gasteiger partial charge on any atom is 0.375 e. The highest BCUT2D eigenvalue weighted by molar-refractivity contribution is 5.87. The van der Waals surface area contributed by atoms with E-state index in [0.29, 0.717) is 31.2 Å². The Balaban J connectivity index is 2.66. The fourth-order valence-electron chi connectivity index (χ4n) is 1.42. The van der Waals surface area contributed by atoms with Gasteiger partial charge in [0.2, 0.25) is 11.7 Å². The van der Waals surface area contributed by atoms with E-state index < -0.39 is 5.97 Å². The first-order valence-corrected chi connectivity index (χ1v) is 5.86. The van der Waals surface area contributed by atoms with Crippen LogP contribution in [0.3, 0.4) is 0 Å². The second kappa shape index (κ2) is 7.84. The van der Waals surface area contributed by atoms with Gasteiger partial charge in [0.25, 0.3) is 0 Å². The highest BCUT2D eigenvalue weighted by atomic mass is 16.5. The van der Waals surface area contributed by atoms with Gasteiger partial charge in [0.1, 0.15) is 6.61 Å². The minimum atomic E-state index is -0.505. The molecule has 102 valence electrons. The Morgan fingerprint density at radius 3 is 2.72 bits per heavy atom. The molecule has 6 heteroatoms. The van der Waals surface area contributed by atoms with E-state index in [4.69, 9.17) is 13.9 Å². The lowest BCUT2D eigenvalue weighted by Gasteiger charge is -1.99. The minimum absolute atomic E-state index is 0.171. The van der Waals surface area contributed by atoms with Crippen LogP contribution in [0.2, 0.25) is 0 Å². The number of rotatable bonds is 8. The van der Waals surface area contributed by atoms with Crippen LogP contribution < -0.4 is 0 Å². The van der Waals surface area contributed by atoms with E-state index in [-0.39, 0.29) is 12.4 Å². The Hall–Kier alpha value is -1.40. The van der Waals surface area contributed by atoms with Crippen LogP contribution >= 0.6 is 0 Å². The number of nitrogens with zero attached hydrogens (tertiary/aromatic N) is 1. The molecule has 1 aromatic rings. The number of ether oxygens (including phenoxy) is 3. The molecule has 0 unspecified atom stereocenters. The van der Waals surface area contributed by atoms with Gasteiger partial charge in [-0.2, -0.15) is 0 Å². The molecular weight excluding hydrogens is 238 g/mol. The van der Waals surface area contributed by atoms with E-state index in [2.05, 4.69) is 9.72 Å². The third kappa shape index (κ3) is 4.12. The Morgan fingerprint density at radius 1 is 1.33 bits per heavy atom. The Kier molecular flexibility index (Phi) is 6.38. The monoisotopic (exact) mass is 257 g/mol. The number of carbonyl (C=O) groups is 1. The van der Waals surface area contributed by atoms with Crippen LogP contribution in [0, 0.1) is 0 Å². The molecular formula is C12H19NO5. The standard InChI is InChI=1S/C12H19NO5/c1-4-5-9-11(12(14)16-3)18-10(13-9)8-17-7-6-15-2/h4-8H2,1-3H3. The van der Waals surface area contributed by atoms with Gasteiger partial charge in [-0.25, -0.2) is 9.78 Å². The molecule has 0 aliphatic rings. The fraction of sp³-hybridized carbons (Fsp3) is 0.667. The van der Waals surface area contributed by atoms with Crippen molar-refractivity contribution in [3.63, 3.8) is 0 Å². The summed E-state index contributed by atoms with van der Waals surface area (Å²) in [5.74, 6) is 0.0498. The molecule has 0 N–H and O–H groups in total.